The van der Waals surface area contributed by atoms with Crippen molar-refractivity contribution >= 4 is 23.2 Å². The van der Waals surface area contributed by atoms with Crippen LogP contribution in [0.25, 0.3) is 11.3 Å². The Bertz CT molecular complexity index is 1260. The summed E-state index contributed by atoms with van der Waals surface area (Å²) in [6.45, 7) is 3.54. The minimum atomic E-state index is -0.215. The third kappa shape index (κ3) is 3.48. The summed E-state index contributed by atoms with van der Waals surface area (Å²) in [4.78, 5) is 15.4. The number of benzene rings is 2. The van der Waals surface area contributed by atoms with Crippen molar-refractivity contribution in [2.45, 2.75) is 26.3 Å². The molecule has 0 radical (unpaired) electrons. The van der Waals surface area contributed by atoms with E-state index in [-0.39, 0.29) is 5.56 Å². The number of fused-ring (bicyclic) bond motifs is 1. The molecule has 30 heavy (non-hydrogen) atoms. The summed E-state index contributed by atoms with van der Waals surface area (Å²) in [5.74, 6) is 1.38. The standard InChI is InChI=1S/C23H22ClN5O/c1-16-19(24)8-5-9-20(16)28-12-13-29-21(22(28)30)25-26-23(29)27(15-18-10-11-18)14-17-6-3-2-4-7-17/h2-9,12-13,18H,10-11,14-15H2,1H3. The third-order valence-electron chi connectivity index (χ3n) is 5.63. The summed E-state index contributed by atoms with van der Waals surface area (Å²) >= 11 is 6.26. The zero-order valence-electron chi connectivity index (χ0n) is 16.7. The van der Waals surface area contributed by atoms with Crippen LogP contribution in [0, 0.1) is 12.8 Å². The van der Waals surface area contributed by atoms with Gasteiger partial charge in [0.1, 0.15) is 0 Å². The average Bonchev–Trinajstić information content (AvgIpc) is 3.46. The molecule has 2 aromatic heterocycles. The molecular weight excluding hydrogens is 398 g/mol. The van der Waals surface area contributed by atoms with Crippen molar-refractivity contribution in [3.8, 4) is 5.69 Å². The Kier molecular flexibility index (Phi) is 4.79. The predicted molar refractivity (Wildman–Crippen MR) is 119 cm³/mol. The van der Waals surface area contributed by atoms with Gasteiger partial charge >= 0.3 is 5.56 Å². The summed E-state index contributed by atoms with van der Waals surface area (Å²) in [6, 6.07) is 15.9. The van der Waals surface area contributed by atoms with Crippen molar-refractivity contribution in [2.75, 3.05) is 11.4 Å². The molecule has 4 aromatic rings. The minimum absolute atomic E-state index is 0.215. The normalized spacial score (nSPS) is 13.7. The van der Waals surface area contributed by atoms with E-state index in [1.807, 2.05) is 49.5 Å². The lowest BCUT2D eigenvalue weighted by atomic mass is 10.2. The Balaban J connectivity index is 1.57. The highest BCUT2D eigenvalue weighted by atomic mass is 35.5. The Morgan fingerprint density at radius 1 is 1.07 bits per heavy atom. The Labute approximate surface area is 179 Å². The number of rotatable bonds is 6. The second kappa shape index (κ2) is 7.61. The fraction of sp³-hybridized carbons (Fsp3) is 0.261. The summed E-state index contributed by atoms with van der Waals surface area (Å²) in [6.07, 6.45) is 6.10. The van der Waals surface area contributed by atoms with E-state index in [0.717, 1.165) is 24.3 Å². The molecule has 0 aliphatic heterocycles. The molecule has 6 nitrogen and oxygen atoms in total. The average molecular weight is 420 g/mol. The maximum absolute atomic E-state index is 13.2. The van der Waals surface area contributed by atoms with Gasteiger partial charge in [-0.15, -0.1) is 10.2 Å². The molecule has 0 unspecified atom stereocenters. The quantitative estimate of drug-likeness (QED) is 0.468. The van der Waals surface area contributed by atoms with Gasteiger partial charge in [-0.2, -0.15) is 0 Å². The molecule has 2 heterocycles. The lowest BCUT2D eigenvalue weighted by molar-refractivity contribution is 0.695. The number of nitrogens with zero attached hydrogens (tertiary/aromatic N) is 5. The first-order valence-corrected chi connectivity index (χ1v) is 10.5. The molecule has 1 aliphatic carbocycles. The van der Waals surface area contributed by atoms with Crippen molar-refractivity contribution in [3.05, 3.63) is 87.4 Å². The van der Waals surface area contributed by atoms with Crippen LogP contribution in [-0.4, -0.2) is 25.7 Å². The van der Waals surface area contributed by atoms with Crippen molar-refractivity contribution in [1.29, 1.82) is 0 Å². The maximum atomic E-state index is 13.2. The fourth-order valence-corrected chi connectivity index (χ4v) is 3.94. The molecule has 1 fully saturated rings. The number of hydrogen-bond acceptors (Lipinski definition) is 4. The van der Waals surface area contributed by atoms with Gasteiger partial charge in [-0.1, -0.05) is 48.0 Å². The third-order valence-corrected chi connectivity index (χ3v) is 6.04. The van der Waals surface area contributed by atoms with Crippen LogP contribution in [0.4, 0.5) is 5.95 Å². The van der Waals surface area contributed by atoms with Gasteiger partial charge in [0.15, 0.2) is 0 Å². The molecule has 7 heteroatoms. The van der Waals surface area contributed by atoms with E-state index in [1.165, 1.54) is 18.4 Å². The summed E-state index contributed by atoms with van der Waals surface area (Å²) in [5, 5.41) is 9.28. The van der Waals surface area contributed by atoms with Crippen molar-refractivity contribution in [3.63, 3.8) is 0 Å². The van der Waals surface area contributed by atoms with Crippen LogP contribution in [0.3, 0.4) is 0 Å². The van der Waals surface area contributed by atoms with Crippen molar-refractivity contribution in [1.82, 2.24) is 19.2 Å². The summed E-state index contributed by atoms with van der Waals surface area (Å²) in [5.41, 5.74) is 2.90. The molecule has 0 amide bonds. The molecule has 1 aliphatic rings. The number of hydrogen-bond donors (Lipinski definition) is 0. The van der Waals surface area contributed by atoms with Crippen molar-refractivity contribution < 1.29 is 0 Å². The molecule has 0 saturated heterocycles. The highest BCUT2D eigenvalue weighted by Crippen LogP contribution is 2.31. The predicted octanol–water partition coefficient (Wildman–Crippen LogP) is 4.26. The van der Waals surface area contributed by atoms with Gasteiger partial charge in [-0.3, -0.25) is 13.8 Å². The van der Waals surface area contributed by atoms with Crippen LogP contribution in [0.5, 0.6) is 0 Å². The Hall–Kier alpha value is -3.12. The highest BCUT2D eigenvalue weighted by Gasteiger charge is 2.27. The molecule has 1 saturated carbocycles. The van der Waals surface area contributed by atoms with Crippen LogP contribution < -0.4 is 10.5 Å². The van der Waals surface area contributed by atoms with E-state index in [4.69, 9.17) is 11.6 Å². The van der Waals surface area contributed by atoms with E-state index in [9.17, 15) is 4.79 Å². The monoisotopic (exact) mass is 419 g/mol. The van der Waals surface area contributed by atoms with E-state index >= 15 is 0 Å². The van der Waals surface area contributed by atoms with Crippen molar-refractivity contribution in [2.24, 2.45) is 5.92 Å². The van der Waals surface area contributed by atoms with Gasteiger partial charge in [0, 0.05) is 30.5 Å². The number of anilines is 1. The molecule has 0 N–H and O–H groups in total. The molecule has 0 atom stereocenters. The summed E-state index contributed by atoms with van der Waals surface area (Å²) in [7, 11) is 0. The van der Waals surface area contributed by atoms with Gasteiger partial charge in [-0.25, -0.2) is 0 Å². The van der Waals surface area contributed by atoms with Gasteiger partial charge in [0.05, 0.1) is 5.69 Å². The largest absolute Gasteiger partial charge is 0.336 e. The fourth-order valence-electron chi connectivity index (χ4n) is 3.77. The van der Waals surface area contributed by atoms with Crippen LogP contribution in [0.1, 0.15) is 24.0 Å². The van der Waals surface area contributed by atoms with Gasteiger partial charge in [-0.05, 0) is 48.9 Å². The topological polar surface area (TPSA) is 55.4 Å². The molecule has 2 aromatic carbocycles. The first kappa shape index (κ1) is 18.9. The van der Waals surface area contributed by atoms with Gasteiger partial charge in [0.2, 0.25) is 11.6 Å². The van der Waals surface area contributed by atoms with Crippen LogP contribution in [0.15, 0.2) is 65.7 Å². The molecule has 5 rings (SSSR count). The van der Waals surface area contributed by atoms with E-state index in [0.29, 0.717) is 22.5 Å². The van der Waals surface area contributed by atoms with E-state index in [2.05, 4.69) is 27.2 Å². The number of aromatic nitrogens is 4. The number of halogens is 1. The van der Waals surface area contributed by atoms with Gasteiger partial charge < -0.3 is 4.90 Å². The van der Waals surface area contributed by atoms with Crippen LogP contribution in [0.2, 0.25) is 5.02 Å². The smallest absolute Gasteiger partial charge is 0.300 e. The zero-order valence-corrected chi connectivity index (χ0v) is 17.5. The second-order valence-corrected chi connectivity index (χ2v) is 8.27. The van der Waals surface area contributed by atoms with E-state index in [1.54, 1.807) is 15.2 Å². The summed E-state index contributed by atoms with van der Waals surface area (Å²) < 4.78 is 3.38. The lowest BCUT2D eigenvalue weighted by Gasteiger charge is -2.22. The molecule has 0 spiro atoms. The first-order chi connectivity index (χ1) is 14.6. The van der Waals surface area contributed by atoms with Crippen LogP contribution in [-0.2, 0) is 6.54 Å². The highest BCUT2D eigenvalue weighted by molar-refractivity contribution is 6.31. The second-order valence-electron chi connectivity index (χ2n) is 7.86. The molecule has 152 valence electrons. The zero-order chi connectivity index (χ0) is 20.7. The SMILES string of the molecule is Cc1c(Cl)cccc1-n1ccn2c(N(Cc3ccccc3)CC3CC3)nnc2c1=O. The van der Waals surface area contributed by atoms with E-state index < -0.39 is 0 Å². The lowest BCUT2D eigenvalue weighted by Crippen LogP contribution is -2.28. The first-order valence-electron chi connectivity index (χ1n) is 10.1. The van der Waals surface area contributed by atoms with Crippen LogP contribution >= 0.6 is 11.6 Å². The van der Waals surface area contributed by atoms with Gasteiger partial charge in [0.25, 0.3) is 0 Å². The molecule has 0 bridgehead atoms. The molecular formula is C23H22ClN5O. The maximum Gasteiger partial charge on any atom is 0.300 e. The minimum Gasteiger partial charge on any atom is -0.336 e. The Morgan fingerprint density at radius 3 is 2.63 bits per heavy atom. The Morgan fingerprint density at radius 2 is 1.87 bits per heavy atom.